The van der Waals surface area contributed by atoms with E-state index in [0.29, 0.717) is 29.4 Å². The smallest absolute Gasteiger partial charge is 0.253 e. The average Bonchev–Trinajstić information content (AvgIpc) is 3.19. The fourth-order valence-electron chi connectivity index (χ4n) is 4.03. The van der Waals surface area contributed by atoms with Crippen molar-refractivity contribution in [3.8, 4) is 0 Å². The van der Waals surface area contributed by atoms with Gasteiger partial charge in [-0.1, -0.05) is 28.8 Å². The molecule has 7 nitrogen and oxygen atoms in total. The van der Waals surface area contributed by atoms with Crippen molar-refractivity contribution in [1.82, 2.24) is 19.7 Å². The van der Waals surface area contributed by atoms with Crippen LogP contribution in [-0.4, -0.2) is 44.6 Å². The molecule has 1 N–H and O–H groups in total. The first-order valence-corrected chi connectivity index (χ1v) is 12.0. The van der Waals surface area contributed by atoms with Crippen molar-refractivity contribution in [1.29, 1.82) is 0 Å². The van der Waals surface area contributed by atoms with E-state index >= 15 is 0 Å². The van der Waals surface area contributed by atoms with E-state index in [1.54, 1.807) is 17.3 Å². The summed E-state index contributed by atoms with van der Waals surface area (Å²) in [6, 6.07) is 11.3. The Morgan fingerprint density at radius 1 is 1.15 bits per heavy atom. The average molecular weight is 484 g/mol. The van der Waals surface area contributed by atoms with Gasteiger partial charge in [0, 0.05) is 36.3 Å². The molecule has 2 aromatic carbocycles. The molecular formula is C24H26ClN5O2S. The predicted molar refractivity (Wildman–Crippen MR) is 130 cm³/mol. The van der Waals surface area contributed by atoms with Gasteiger partial charge in [-0.05, 0) is 68.8 Å². The molecule has 1 aromatic heterocycles. The van der Waals surface area contributed by atoms with Gasteiger partial charge in [0.2, 0.25) is 5.91 Å². The lowest BCUT2D eigenvalue weighted by molar-refractivity contribution is -0.121. The Balaban J connectivity index is 1.40. The Bertz CT molecular complexity index is 1180. The van der Waals surface area contributed by atoms with Gasteiger partial charge >= 0.3 is 0 Å². The van der Waals surface area contributed by atoms with Crippen molar-refractivity contribution >= 4 is 40.9 Å². The molecule has 0 saturated carbocycles. The summed E-state index contributed by atoms with van der Waals surface area (Å²) in [6.07, 6.45) is 3.17. The van der Waals surface area contributed by atoms with Crippen molar-refractivity contribution in [3.05, 3.63) is 64.4 Å². The Morgan fingerprint density at radius 3 is 2.58 bits per heavy atom. The fourth-order valence-corrected chi connectivity index (χ4v) is 5.09. The van der Waals surface area contributed by atoms with Crippen LogP contribution in [0, 0.1) is 19.8 Å². The standard InChI is InChI=1S/C24H26ClN5O2S/c1-15-9-16(2)11-18(10-15)23(32)30-8-4-5-17(13-30)22(31)27-19-6-7-21(20(25)12-19)33-24-28-26-14-29(24)3/h6-7,9-12,14,17H,4-5,8,13H2,1-3H3,(H,27,31). The normalized spacial score (nSPS) is 16.0. The number of halogens is 1. The summed E-state index contributed by atoms with van der Waals surface area (Å²) in [5.74, 6) is -0.384. The molecule has 1 aliphatic rings. The van der Waals surface area contributed by atoms with E-state index in [1.807, 2.05) is 55.8 Å². The molecule has 0 aliphatic carbocycles. The van der Waals surface area contributed by atoms with Gasteiger partial charge in [-0.2, -0.15) is 0 Å². The Labute approximate surface area is 202 Å². The molecule has 2 amide bonds. The Kier molecular flexibility index (Phi) is 7.05. The minimum absolute atomic E-state index is 0.0208. The number of carbonyl (C=O) groups is 2. The second-order valence-corrected chi connectivity index (χ2v) is 9.84. The summed E-state index contributed by atoms with van der Waals surface area (Å²) in [4.78, 5) is 28.6. The lowest BCUT2D eigenvalue weighted by Crippen LogP contribution is -2.43. The molecule has 0 spiro atoms. The summed E-state index contributed by atoms with van der Waals surface area (Å²) in [5.41, 5.74) is 3.42. The molecule has 1 saturated heterocycles. The van der Waals surface area contributed by atoms with Gasteiger partial charge in [-0.25, -0.2) is 0 Å². The molecule has 1 aliphatic heterocycles. The highest BCUT2D eigenvalue weighted by atomic mass is 35.5. The molecule has 9 heteroatoms. The van der Waals surface area contributed by atoms with Gasteiger partial charge in [0.25, 0.3) is 5.91 Å². The fraction of sp³-hybridized carbons (Fsp3) is 0.333. The molecule has 1 atom stereocenters. The number of nitrogens with one attached hydrogen (secondary N) is 1. The highest BCUT2D eigenvalue weighted by molar-refractivity contribution is 7.99. The maximum atomic E-state index is 13.0. The van der Waals surface area contributed by atoms with Gasteiger partial charge in [-0.3, -0.25) is 9.59 Å². The van der Waals surface area contributed by atoms with Crippen LogP contribution in [0.1, 0.15) is 34.3 Å². The van der Waals surface area contributed by atoms with Gasteiger partial charge in [0.1, 0.15) is 6.33 Å². The molecule has 172 valence electrons. The number of hydrogen-bond donors (Lipinski definition) is 1. The highest BCUT2D eigenvalue weighted by Gasteiger charge is 2.29. The zero-order chi connectivity index (χ0) is 23.5. The number of carbonyl (C=O) groups excluding carboxylic acids is 2. The van der Waals surface area contributed by atoms with E-state index in [9.17, 15) is 9.59 Å². The van der Waals surface area contributed by atoms with Gasteiger partial charge in [0.05, 0.1) is 10.9 Å². The number of aromatic nitrogens is 3. The summed E-state index contributed by atoms with van der Waals surface area (Å²) in [6.45, 7) is 5.04. The number of aryl methyl sites for hydroxylation is 3. The van der Waals surface area contributed by atoms with E-state index in [4.69, 9.17) is 11.6 Å². The molecular weight excluding hydrogens is 458 g/mol. The second-order valence-electron chi connectivity index (χ2n) is 8.43. The van der Waals surface area contributed by atoms with Crippen LogP contribution in [0.2, 0.25) is 5.02 Å². The zero-order valence-corrected chi connectivity index (χ0v) is 20.4. The van der Waals surface area contributed by atoms with Crippen LogP contribution < -0.4 is 5.32 Å². The summed E-state index contributed by atoms with van der Waals surface area (Å²) >= 11 is 7.85. The highest BCUT2D eigenvalue weighted by Crippen LogP contribution is 2.34. The first-order chi connectivity index (χ1) is 15.8. The van der Waals surface area contributed by atoms with Crippen molar-refractivity contribution in [2.24, 2.45) is 13.0 Å². The Morgan fingerprint density at radius 2 is 1.91 bits per heavy atom. The number of hydrogen-bond acceptors (Lipinski definition) is 5. The largest absolute Gasteiger partial charge is 0.338 e. The summed E-state index contributed by atoms with van der Waals surface area (Å²) < 4.78 is 1.81. The van der Waals surface area contributed by atoms with Crippen molar-refractivity contribution in [3.63, 3.8) is 0 Å². The molecule has 33 heavy (non-hydrogen) atoms. The van der Waals surface area contributed by atoms with E-state index in [0.717, 1.165) is 34.0 Å². The van der Waals surface area contributed by atoms with Crippen LogP contribution in [-0.2, 0) is 11.8 Å². The van der Waals surface area contributed by atoms with E-state index in [1.165, 1.54) is 11.8 Å². The third kappa shape index (κ3) is 5.57. The summed E-state index contributed by atoms with van der Waals surface area (Å²) in [5, 5.41) is 12.1. The van der Waals surface area contributed by atoms with Crippen LogP contribution in [0.4, 0.5) is 5.69 Å². The molecule has 2 heterocycles. The topological polar surface area (TPSA) is 80.1 Å². The number of likely N-dealkylation sites (tertiary alicyclic amines) is 1. The molecule has 1 fully saturated rings. The molecule has 3 aromatic rings. The van der Waals surface area contributed by atoms with Crippen molar-refractivity contribution < 1.29 is 9.59 Å². The molecule has 0 radical (unpaired) electrons. The van der Waals surface area contributed by atoms with E-state index in [-0.39, 0.29) is 17.7 Å². The number of rotatable bonds is 5. The minimum atomic E-state index is -0.264. The maximum absolute atomic E-state index is 13.0. The first-order valence-electron chi connectivity index (χ1n) is 10.8. The third-order valence-corrected chi connectivity index (χ3v) is 7.17. The quantitative estimate of drug-likeness (QED) is 0.567. The molecule has 0 bridgehead atoms. The van der Waals surface area contributed by atoms with Crippen LogP contribution in [0.25, 0.3) is 0 Å². The van der Waals surface area contributed by atoms with Crippen LogP contribution in [0.15, 0.2) is 52.8 Å². The van der Waals surface area contributed by atoms with Crippen LogP contribution in [0.3, 0.4) is 0 Å². The van der Waals surface area contributed by atoms with E-state index in [2.05, 4.69) is 15.5 Å². The number of anilines is 1. The van der Waals surface area contributed by atoms with Crippen molar-refractivity contribution in [2.75, 3.05) is 18.4 Å². The number of benzene rings is 2. The molecule has 1 unspecified atom stereocenters. The van der Waals surface area contributed by atoms with Gasteiger partial charge in [-0.15, -0.1) is 10.2 Å². The first kappa shape index (κ1) is 23.3. The second kappa shape index (κ2) is 9.97. The van der Waals surface area contributed by atoms with Crippen molar-refractivity contribution in [2.45, 2.75) is 36.7 Å². The Hall–Kier alpha value is -2.84. The predicted octanol–water partition coefficient (Wildman–Crippen LogP) is 4.73. The zero-order valence-electron chi connectivity index (χ0n) is 18.8. The lowest BCUT2D eigenvalue weighted by Gasteiger charge is -2.32. The minimum Gasteiger partial charge on any atom is -0.338 e. The van der Waals surface area contributed by atoms with Gasteiger partial charge < -0.3 is 14.8 Å². The van der Waals surface area contributed by atoms with E-state index < -0.39 is 0 Å². The SMILES string of the molecule is Cc1cc(C)cc(C(=O)N2CCCC(C(=O)Nc3ccc(Sc4nncn4C)c(Cl)c3)C2)c1. The lowest BCUT2D eigenvalue weighted by atomic mass is 9.96. The van der Waals surface area contributed by atoms with Crippen LogP contribution >= 0.6 is 23.4 Å². The molecule has 4 rings (SSSR count). The van der Waals surface area contributed by atoms with Crippen LogP contribution in [0.5, 0.6) is 0 Å². The van der Waals surface area contributed by atoms with Gasteiger partial charge in [0.15, 0.2) is 5.16 Å². The maximum Gasteiger partial charge on any atom is 0.253 e. The number of amides is 2. The monoisotopic (exact) mass is 483 g/mol. The number of nitrogens with zero attached hydrogens (tertiary/aromatic N) is 4. The third-order valence-electron chi connectivity index (χ3n) is 5.62. The summed E-state index contributed by atoms with van der Waals surface area (Å²) in [7, 11) is 1.86. The number of piperidine rings is 1.